The molecule has 3 N–H and O–H groups in total. The van der Waals surface area contributed by atoms with Crippen LogP contribution in [0, 0.1) is 5.82 Å². The van der Waals surface area contributed by atoms with Gasteiger partial charge >= 0.3 is 10.2 Å². The van der Waals surface area contributed by atoms with Crippen molar-refractivity contribution in [1.82, 2.24) is 4.72 Å². The Kier molecular flexibility index (Phi) is 3.41. The summed E-state index contributed by atoms with van der Waals surface area (Å²) in [7, 11) is -7.95. The topological polar surface area (TPSA) is 133 Å². The molecule has 2 fully saturated rings. The summed E-state index contributed by atoms with van der Waals surface area (Å²) in [4.78, 5) is 11.2. The summed E-state index contributed by atoms with van der Waals surface area (Å²) in [6.07, 6.45) is 1.00. The molecule has 1 heterocycles. The van der Waals surface area contributed by atoms with E-state index < -0.39 is 55.2 Å². The predicted octanol–water partition coefficient (Wildman–Crippen LogP) is -0.384. The number of rotatable bonds is 4. The molecule has 0 spiro atoms. The van der Waals surface area contributed by atoms with Gasteiger partial charge in [0.1, 0.15) is 18.0 Å². The van der Waals surface area contributed by atoms with E-state index in [-0.39, 0.29) is 5.69 Å². The number of nitrogens with zero attached hydrogens (tertiary/aromatic N) is 1. The number of aromatic hydroxyl groups is 1. The molecule has 1 aromatic rings. The van der Waals surface area contributed by atoms with E-state index in [9.17, 15) is 31.1 Å². The number of carbonyl (C=O) groups is 1. The van der Waals surface area contributed by atoms with Gasteiger partial charge in [-0.15, -0.1) is 0 Å². The van der Waals surface area contributed by atoms with Crippen molar-refractivity contribution in [3.63, 3.8) is 0 Å². The highest BCUT2D eigenvalue weighted by Gasteiger charge is 2.38. The number of carbonyl (C=O) groups excluding carboxylic acids is 1. The second-order valence-electron chi connectivity index (χ2n) is 5.21. The van der Waals surface area contributed by atoms with Gasteiger partial charge in [0.2, 0.25) is 10.0 Å². The van der Waals surface area contributed by atoms with Gasteiger partial charge in [0, 0.05) is 12.1 Å². The van der Waals surface area contributed by atoms with Crippen LogP contribution in [-0.4, -0.2) is 39.6 Å². The van der Waals surface area contributed by atoms with E-state index in [1.165, 1.54) is 0 Å². The largest absolute Gasteiger partial charge is 0.506 e. The Morgan fingerprint density at radius 1 is 1.35 bits per heavy atom. The fourth-order valence-electron chi connectivity index (χ4n) is 2.16. The van der Waals surface area contributed by atoms with Gasteiger partial charge in [-0.1, -0.05) is 0 Å². The Morgan fingerprint density at radius 3 is 2.48 bits per heavy atom. The van der Waals surface area contributed by atoms with Crippen LogP contribution in [0.1, 0.15) is 12.8 Å². The number of anilines is 2. The zero-order valence-corrected chi connectivity index (χ0v) is 13.1. The van der Waals surface area contributed by atoms with Crippen LogP contribution < -0.4 is 13.7 Å². The highest BCUT2D eigenvalue weighted by atomic mass is 32.2. The molecule has 1 saturated heterocycles. The summed E-state index contributed by atoms with van der Waals surface area (Å²) in [5.74, 6) is -2.86. The summed E-state index contributed by atoms with van der Waals surface area (Å²) in [6.45, 7) is -0.681. The first kappa shape index (κ1) is 15.8. The average molecular weight is 365 g/mol. The first-order chi connectivity index (χ1) is 10.6. The van der Waals surface area contributed by atoms with E-state index >= 15 is 0 Å². The van der Waals surface area contributed by atoms with Crippen LogP contribution >= 0.6 is 0 Å². The van der Waals surface area contributed by atoms with Crippen LogP contribution in [0.5, 0.6) is 5.75 Å². The van der Waals surface area contributed by atoms with Crippen molar-refractivity contribution in [3.8, 4) is 5.75 Å². The summed E-state index contributed by atoms with van der Waals surface area (Å²) < 4.78 is 65.3. The first-order valence-corrected chi connectivity index (χ1v) is 9.46. The van der Waals surface area contributed by atoms with Crippen molar-refractivity contribution in [2.75, 3.05) is 15.6 Å². The van der Waals surface area contributed by atoms with Gasteiger partial charge in [-0.25, -0.2) is 21.8 Å². The smallest absolute Gasteiger partial charge is 0.326 e. The van der Waals surface area contributed by atoms with Crippen LogP contribution in [-0.2, 0) is 25.0 Å². The number of halogens is 1. The number of hydrogen-bond acceptors (Lipinski definition) is 6. The molecular formula is C11H12FN3O6S2. The number of phenols is 1. The molecule has 12 heteroatoms. The molecule has 0 atom stereocenters. The molecule has 1 aliphatic heterocycles. The third-order valence-electron chi connectivity index (χ3n) is 3.34. The number of benzene rings is 1. The molecule has 1 aliphatic carbocycles. The molecule has 9 nitrogen and oxygen atoms in total. The SMILES string of the molecule is O=C1CN(c2c(O)cc(NS(=O)(=O)C3CC3)cc2F)S(=O)(=O)N1. The molecule has 126 valence electrons. The van der Waals surface area contributed by atoms with Crippen LogP contribution in [0.25, 0.3) is 0 Å². The molecular weight excluding hydrogens is 353 g/mol. The second-order valence-corrected chi connectivity index (χ2v) is 8.76. The number of hydrogen-bond donors (Lipinski definition) is 3. The standard InChI is InChI=1S/C11H12FN3O6S2/c12-8-3-6(13-22(18,19)7-1-2-7)4-9(16)11(8)15-5-10(17)14-23(15,20)21/h3-4,7,13,16H,1-2,5H2,(H,14,17). The quantitative estimate of drug-likeness (QED) is 0.666. The van der Waals surface area contributed by atoms with Crippen molar-refractivity contribution in [3.05, 3.63) is 17.9 Å². The molecule has 23 heavy (non-hydrogen) atoms. The van der Waals surface area contributed by atoms with Crippen molar-refractivity contribution in [2.24, 2.45) is 0 Å². The molecule has 1 saturated carbocycles. The lowest BCUT2D eigenvalue weighted by atomic mass is 10.2. The molecule has 2 aliphatic rings. The Hall–Kier alpha value is -2.08. The third-order valence-corrected chi connectivity index (χ3v) is 6.58. The molecule has 0 aromatic heterocycles. The minimum Gasteiger partial charge on any atom is -0.506 e. The third kappa shape index (κ3) is 2.91. The van der Waals surface area contributed by atoms with Gasteiger partial charge in [0.05, 0.1) is 10.9 Å². The van der Waals surface area contributed by atoms with Crippen LogP contribution in [0.15, 0.2) is 12.1 Å². The first-order valence-electron chi connectivity index (χ1n) is 6.47. The van der Waals surface area contributed by atoms with E-state index in [0.29, 0.717) is 17.1 Å². The van der Waals surface area contributed by atoms with Gasteiger partial charge < -0.3 is 5.11 Å². The highest BCUT2D eigenvalue weighted by molar-refractivity contribution is 7.93. The Labute approximate surface area is 131 Å². The number of nitrogens with one attached hydrogen (secondary N) is 2. The van der Waals surface area contributed by atoms with Gasteiger partial charge in [-0.05, 0) is 12.8 Å². The van der Waals surface area contributed by atoms with Crippen LogP contribution in [0.4, 0.5) is 15.8 Å². The Bertz CT molecular complexity index is 871. The maximum Gasteiger partial charge on any atom is 0.326 e. The van der Waals surface area contributed by atoms with Crippen molar-refractivity contribution >= 4 is 37.5 Å². The molecule has 0 radical (unpaired) electrons. The molecule has 0 bridgehead atoms. The summed E-state index contributed by atoms with van der Waals surface area (Å²) in [5.41, 5.74) is -0.954. The molecule has 3 rings (SSSR count). The van der Waals surface area contributed by atoms with Gasteiger partial charge in [-0.2, -0.15) is 8.42 Å². The molecule has 1 amide bonds. The van der Waals surface area contributed by atoms with E-state index in [2.05, 4.69) is 4.72 Å². The lowest BCUT2D eigenvalue weighted by molar-refractivity contribution is -0.117. The number of phenolic OH excluding ortho intramolecular Hbond substituents is 1. The number of amides is 1. The fourth-order valence-corrected chi connectivity index (χ4v) is 4.70. The van der Waals surface area contributed by atoms with Gasteiger partial charge in [-0.3, -0.25) is 9.52 Å². The van der Waals surface area contributed by atoms with Gasteiger partial charge in [0.25, 0.3) is 5.91 Å². The highest BCUT2D eigenvalue weighted by Crippen LogP contribution is 2.37. The zero-order chi connectivity index (χ0) is 17.0. The Balaban J connectivity index is 1.97. The van der Waals surface area contributed by atoms with Crippen molar-refractivity contribution in [2.45, 2.75) is 18.1 Å². The Morgan fingerprint density at radius 2 is 2.00 bits per heavy atom. The molecule has 1 aromatic carbocycles. The maximum atomic E-state index is 14.2. The summed E-state index contributed by atoms with van der Waals surface area (Å²) in [5, 5.41) is 9.33. The van der Waals surface area contributed by atoms with E-state index in [1.54, 1.807) is 4.72 Å². The minimum absolute atomic E-state index is 0.230. The van der Waals surface area contributed by atoms with E-state index in [1.807, 2.05) is 0 Å². The monoisotopic (exact) mass is 365 g/mol. The summed E-state index contributed by atoms with van der Waals surface area (Å²) in [6, 6.07) is 1.63. The van der Waals surface area contributed by atoms with E-state index in [0.717, 1.165) is 12.1 Å². The van der Waals surface area contributed by atoms with E-state index in [4.69, 9.17) is 0 Å². The average Bonchev–Trinajstić information content (AvgIpc) is 3.16. The number of sulfonamides is 1. The predicted molar refractivity (Wildman–Crippen MR) is 78.0 cm³/mol. The molecule has 0 unspecified atom stereocenters. The van der Waals surface area contributed by atoms with Crippen molar-refractivity contribution < 1.29 is 31.1 Å². The fraction of sp³-hybridized carbons (Fsp3) is 0.364. The van der Waals surface area contributed by atoms with Crippen LogP contribution in [0.3, 0.4) is 0 Å². The van der Waals surface area contributed by atoms with Gasteiger partial charge in [0.15, 0.2) is 5.82 Å². The zero-order valence-electron chi connectivity index (χ0n) is 11.5. The lowest BCUT2D eigenvalue weighted by Crippen LogP contribution is -2.30. The van der Waals surface area contributed by atoms with Crippen LogP contribution in [0.2, 0.25) is 0 Å². The van der Waals surface area contributed by atoms with Crippen molar-refractivity contribution in [1.29, 1.82) is 0 Å². The normalized spacial score (nSPS) is 20.4. The maximum absolute atomic E-state index is 14.2. The lowest BCUT2D eigenvalue weighted by Gasteiger charge is -2.18. The summed E-state index contributed by atoms with van der Waals surface area (Å²) >= 11 is 0. The minimum atomic E-state index is -4.29. The second kappa shape index (κ2) is 4.96.